The van der Waals surface area contributed by atoms with Crippen LogP contribution in [0.15, 0.2) is 36.4 Å². The van der Waals surface area contributed by atoms with E-state index in [2.05, 4.69) is 5.32 Å². The molecule has 0 saturated heterocycles. The first kappa shape index (κ1) is 14.3. The molecule has 3 rings (SSSR count). The lowest BCUT2D eigenvalue weighted by Crippen LogP contribution is -2.38. The summed E-state index contributed by atoms with van der Waals surface area (Å²) in [6, 6.07) is 8.81. The van der Waals surface area contributed by atoms with Crippen LogP contribution in [0.1, 0.15) is 11.1 Å². The lowest BCUT2D eigenvalue weighted by atomic mass is 9.87. The van der Waals surface area contributed by atoms with Gasteiger partial charge in [-0.25, -0.2) is 4.39 Å². The number of nitrogens with one attached hydrogen (secondary N) is 1. The molecule has 1 N–H and O–H groups in total. The first-order valence-corrected chi connectivity index (χ1v) is 6.87. The van der Waals surface area contributed by atoms with Gasteiger partial charge in [-0.2, -0.15) is 0 Å². The van der Waals surface area contributed by atoms with Gasteiger partial charge in [-0.3, -0.25) is 4.79 Å². The Morgan fingerprint density at radius 2 is 1.90 bits per heavy atom. The average Bonchev–Trinajstić information content (AvgIpc) is 2.71. The number of carbonyl (C=O) groups is 1. The Hall–Kier alpha value is -1.62. The van der Waals surface area contributed by atoms with Gasteiger partial charge in [-0.1, -0.05) is 29.3 Å². The van der Waals surface area contributed by atoms with Crippen LogP contribution in [0.2, 0.25) is 10.0 Å². The van der Waals surface area contributed by atoms with Crippen molar-refractivity contribution in [1.82, 2.24) is 0 Å². The Morgan fingerprint density at radius 3 is 2.57 bits per heavy atom. The Morgan fingerprint density at radius 1 is 1.14 bits per heavy atom. The Bertz CT molecular complexity index is 750. The summed E-state index contributed by atoms with van der Waals surface area (Å²) in [6.07, 6.45) is 0. The van der Waals surface area contributed by atoms with E-state index >= 15 is 0 Å². The Balaban J connectivity index is 2.31. The maximum absolute atomic E-state index is 13.3. The van der Waals surface area contributed by atoms with Crippen LogP contribution < -0.4 is 5.32 Å². The van der Waals surface area contributed by atoms with Gasteiger partial charge in [0.25, 0.3) is 5.91 Å². The minimum atomic E-state index is -1.44. The maximum atomic E-state index is 13.3. The normalized spacial score (nSPS) is 20.3. The third kappa shape index (κ3) is 2.02. The SMILES string of the molecule is COC1(c2ccc(F)cc2Cl)C(=O)Nc2ccc(Cl)cc21. The van der Waals surface area contributed by atoms with E-state index in [-0.39, 0.29) is 5.02 Å². The van der Waals surface area contributed by atoms with Gasteiger partial charge in [0.05, 0.1) is 5.02 Å². The molecule has 1 aliphatic rings. The zero-order valence-electron chi connectivity index (χ0n) is 10.9. The molecule has 3 nitrogen and oxygen atoms in total. The van der Waals surface area contributed by atoms with Gasteiger partial charge in [-0.05, 0) is 30.3 Å². The van der Waals surface area contributed by atoms with Crippen molar-refractivity contribution in [1.29, 1.82) is 0 Å². The van der Waals surface area contributed by atoms with E-state index in [1.54, 1.807) is 18.2 Å². The summed E-state index contributed by atoms with van der Waals surface area (Å²) in [7, 11) is 1.40. The summed E-state index contributed by atoms with van der Waals surface area (Å²) >= 11 is 12.1. The average molecular weight is 326 g/mol. The predicted octanol–water partition coefficient (Wildman–Crippen LogP) is 3.97. The van der Waals surface area contributed by atoms with Crippen LogP contribution in [0.3, 0.4) is 0 Å². The molecule has 0 aromatic heterocycles. The van der Waals surface area contributed by atoms with Crippen LogP contribution in [0.25, 0.3) is 0 Å². The van der Waals surface area contributed by atoms with Crippen LogP contribution in [-0.4, -0.2) is 13.0 Å². The molecule has 1 unspecified atom stereocenters. The van der Waals surface area contributed by atoms with Crippen molar-refractivity contribution >= 4 is 34.8 Å². The second kappa shape index (κ2) is 4.98. The minimum absolute atomic E-state index is 0.111. The topological polar surface area (TPSA) is 38.3 Å². The van der Waals surface area contributed by atoms with E-state index < -0.39 is 17.3 Å². The van der Waals surface area contributed by atoms with Crippen molar-refractivity contribution in [2.75, 3.05) is 12.4 Å². The zero-order valence-corrected chi connectivity index (χ0v) is 12.4. The van der Waals surface area contributed by atoms with E-state index in [9.17, 15) is 9.18 Å². The molecule has 1 aliphatic heterocycles. The third-order valence-electron chi connectivity index (χ3n) is 3.55. The molecule has 0 fully saturated rings. The number of methoxy groups -OCH3 is 1. The first-order chi connectivity index (χ1) is 9.99. The molecule has 2 aromatic carbocycles. The van der Waals surface area contributed by atoms with Crippen LogP contribution >= 0.6 is 23.2 Å². The molecule has 1 atom stereocenters. The third-order valence-corrected chi connectivity index (χ3v) is 4.09. The molecule has 1 amide bonds. The van der Waals surface area contributed by atoms with Crippen LogP contribution in [0, 0.1) is 5.82 Å². The van der Waals surface area contributed by atoms with E-state index in [1.165, 1.54) is 19.2 Å². The lowest BCUT2D eigenvalue weighted by Gasteiger charge is -2.27. The van der Waals surface area contributed by atoms with Crippen LogP contribution in [-0.2, 0) is 15.1 Å². The molecule has 0 saturated carbocycles. The largest absolute Gasteiger partial charge is 0.359 e. The lowest BCUT2D eigenvalue weighted by molar-refractivity contribution is -0.132. The molecule has 0 bridgehead atoms. The van der Waals surface area contributed by atoms with Gasteiger partial charge in [-0.15, -0.1) is 0 Å². The van der Waals surface area contributed by atoms with Crippen molar-refractivity contribution in [3.63, 3.8) is 0 Å². The highest BCUT2D eigenvalue weighted by atomic mass is 35.5. The fourth-order valence-electron chi connectivity index (χ4n) is 2.60. The summed E-state index contributed by atoms with van der Waals surface area (Å²) < 4.78 is 18.8. The summed E-state index contributed by atoms with van der Waals surface area (Å²) in [4.78, 5) is 12.5. The number of anilines is 1. The van der Waals surface area contributed by atoms with Crippen molar-refractivity contribution in [2.45, 2.75) is 5.60 Å². The number of hydrogen-bond acceptors (Lipinski definition) is 2. The molecule has 0 radical (unpaired) electrons. The quantitative estimate of drug-likeness (QED) is 0.907. The van der Waals surface area contributed by atoms with Crippen LogP contribution in [0.4, 0.5) is 10.1 Å². The second-order valence-corrected chi connectivity index (χ2v) is 5.50. The highest BCUT2D eigenvalue weighted by Gasteiger charge is 2.50. The number of benzene rings is 2. The van der Waals surface area contributed by atoms with Crippen LogP contribution in [0.5, 0.6) is 0 Å². The number of fused-ring (bicyclic) bond motifs is 1. The molecule has 21 heavy (non-hydrogen) atoms. The number of carbonyl (C=O) groups excluding carboxylic acids is 1. The molecule has 0 spiro atoms. The van der Waals surface area contributed by atoms with Gasteiger partial charge >= 0.3 is 0 Å². The number of hydrogen-bond donors (Lipinski definition) is 1. The Kier molecular flexibility index (Phi) is 3.40. The molecule has 6 heteroatoms. The van der Waals surface area contributed by atoms with E-state index in [1.807, 2.05) is 0 Å². The van der Waals surface area contributed by atoms with Gasteiger partial charge in [0.15, 0.2) is 5.60 Å². The first-order valence-electron chi connectivity index (χ1n) is 6.11. The van der Waals surface area contributed by atoms with Crippen molar-refractivity contribution in [2.24, 2.45) is 0 Å². The van der Waals surface area contributed by atoms with Crippen molar-refractivity contribution < 1.29 is 13.9 Å². The van der Waals surface area contributed by atoms with Gasteiger partial charge in [0.1, 0.15) is 5.82 Å². The van der Waals surface area contributed by atoms with E-state index in [4.69, 9.17) is 27.9 Å². The summed E-state index contributed by atoms with van der Waals surface area (Å²) in [5.41, 5.74) is 0.0691. The molecule has 1 heterocycles. The fraction of sp³-hybridized carbons (Fsp3) is 0.133. The standard InChI is InChI=1S/C15H10Cl2FNO2/c1-21-15(10-4-3-9(18)7-12(10)17)11-6-8(16)2-5-13(11)19-14(15)20/h2-7H,1H3,(H,19,20). The number of ether oxygens (including phenoxy) is 1. The van der Waals surface area contributed by atoms with Gasteiger partial charge in [0.2, 0.25) is 0 Å². The molecule has 0 aliphatic carbocycles. The van der Waals surface area contributed by atoms with Gasteiger partial charge in [0, 0.05) is 28.9 Å². The van der Waals surface area contributed by atoms with E-state index in [0.29, 0.717) is 21.8 Å². The summed E-state index contributed by atoms with van der Waals surface area (Å²) in [5.74, 6) is -0.879. The number of amides is 1. The zero-order chi connectivity index (χ0) is 15.2. The molecule has 2 aromatic rings. The predicted molar refractivity (Wildman–Crippen MR) is 79.3 cm³/mol. The summed E-state index contributed by atoms with van der Waals surface area (Å²) in [5, 5.41) is 3.31. The highest BCUT2D eigenvalue weighted by molar-refractivity contribution is 6.32. The maximum Gasteiger partial charge on any atom is 0.266 e. The second-order valence-electron chi connectivity index (χ2n) is 4.65. The van der Waals surface area contributed by atoms with Crippen molar-refractivity contribution in [3.05, 3.63) is 63.4 Å². The van der Waals surface area contributed by atoms with Gasteiger partial charge < -0.3 is 10.1 Å². The molecular formula is C15H10Cl2FNO2. The number of halogens is 3. The highest BCUT2D eigenvalue weighted by Crippen LogP contribution is 2.46. The molecule has 108 valence electrons. The van der Waals surface area contributed by atoms with E-state index in [0.717, 1.165) is 6.07 Å². The number of rotatable bonds is 2. The Labute approximate surface area is 130 Å². The van der Waals surface area contributed by atoms with Crippen molar-refractivity contribution in [3.8, 4) is 0 Å². The fourth-order valence-corrected chi connectivity index (χ4v) is 3.08. The summed E-state index contributed by atoms with van der Waals surface area (Å²) in [6.45, 7) is 0. The molecular weight excluding hydrogens is 316 g/mol. The monoisotopic (exact) mass is 325 g/mol. The minimum Gasteiger partial charge on any atom is -0.359 e. The smallest absolute Gasteiger partial charge is 0.266 e.